The Labute approximate surface area is 149 Å². The summed E-state index contributed by atoms with van der Waals surface area (Å²) < 4.78 is 28.6. The van der Waals surface area contributed by atoms with Gasteiger partial charge in [-0.2, -0.15) is 5.10 Å². The first-order valence-electron chi connectivity index (χ1n) is 7.08. The Bertz CT molecular complexity index is 786. The summed E-state index contributed by atoms with van der Waals surface area (Å²) in [6.07, 6.45) is 1.32. The fourth-order valence-electron chi connectivity index (χ4n) is 2.04. The lowest BCUT2D eigenvalue weighted by Gasteiger charge is -2.13. The Morgan fingerprint density at radius 3 is 2.28 bits per heavy atom. The molecule has 6 nitrogen and oxygen atoms in total. The molecule has 132 valence electrons. The predicted octanol–water partition coefficient (Wildman–Crippen LogP) is 3.27. The quantitative estimate of drug-likeness (QED) is 0.629. The summed E-state index contributed by atoms with van der Waals surface area (Å²) in [5.74, 6) is 0.121. The number of amides is 1. The van der Waals surface area contributed by atoms with Crippen molar-refractivity contribution in [2.24, 2.45) is 5.10 Å². The largest absolute Gasteiger partial charge is 0.493 e. The van der Waals surface area contributed by atoms with E-state index in [0.717, 1.165) is 6.07 Å². The summed E-state index contributed by atoms with van der Waals surface area (Å²) >= 11 is 5.88. The Morgan fingerprint density at radius 1 is 1.12 bits per heavy atom. The van der Waals surface area contributed by atoms with Crippen molar-refractivity contribution in [2.45, 2.75) is 0 Å². The highest BCUT2D eigenvalue weighted by atomic mass is 35.5. The molecule has 1 N–H and O–H groups in total. The number of ether oxygens (including phenoxy) is 3. The van der Waals surface area contributed by atoms with Crippen molar-refractivity contribution in [1.82, 2.24) is 5.43 Å². The second-order valence-electron chi connectivity index (χ2n) is 4.78. The Kier molecular flexibility index (Phi) is 6.19. The van der Waals surface area contributed by atoms with Gasteiger partial charge in [-0.3, -0.25) is 4.79 Å². The molecule has 0 aliphatic heterocycles. The van der Waals surface area contributed by atoms with Crippen molar-refractivity contribution in [2.75, 3.05) is 21.3 Å². The van der Waals surface area contributed by atoms with E-state index in [2.05, 4.69) is 10.5 Å². The summed E-state index contributed by atoms with van der Waals surface area (Å²) in [6.45, 7) is 0. The molecule has 2 rings (SSSR count). The van der Waals surface area contributed by atoms with E-state index < -0.39 is 11.7 Å². The first kappa shape index (κ1) is 18.5. The molecule has 0 atom stereocenters. The molecule has 0 saturated heterocycles. The van der Waals surface area contributed by atoms with Crippen LogP contribution in [0.4, 0.5) is 4.39 Å². The van der Waals surface area contributed by atoms with Crippen LogP contribution in [0.25, 0.3) is 0 Å². The van der Waals surface area contributed by atoms with Crippen LogP contribution in [0.3, 0.4) is 0 Å². The van der Waals surface area contributed by atoms with Crippen LogP contribution < -0.4 is 19.6 Å². The van der Waals surface area contributed by atoms with Gasteiger partial charge < -0.3 is 14.2 Å². The maximum Gasteiger partial charge on any atom is 0.271 e. The number of benzene rings is 2. The average Bonchev–Trinajstić information content (AvgIpc) is 2.61. The lowest BCUT2D eigenvalue weighted by atomic mass is 10.1. The number of nitrogens with zero attached hydrogens (tertiary/aromatic N) is 1. The zero-order chi connectivity index (χ0) is 18.4. The van der Waals surface area contributed by atoms with E-state index in [0.29, 0.717) is 22.8 Å². The Hall–Kier alpha value is -2.80. The standard InChI is InChI=1S/C17H16ClFN2O4/c1-23-14-6-11(7-15(24-2)16(14)25-3)17(22)21-20-9-10-4-5-12(19)8-13(10)18/h4-9H,1-3H3,(H,21,22)/b20-9+. The van der Waals surface area contributed by atoms with Gasteiger partial charge in [0.2, 0.25) is 5.75 Å². The second kappa shape index (κ2) is 8.34. The summed E-state index contributed by atoms with van der Waals surface area (Å²) in [5, 5.41) is 4.00. The van der Waals surface area contributed by atoms with E-state index in [9.17, 15) is 9.18 Å². The van der Waals surface area contributed by atoms with Crippen molar-refractivity contribution in [3.63, 3.8) is 0 Å². The van der Waals surface area contributed by atoms with Gasteiger partial charge in [0.05, 0.1) is 32.6 Å². The van der Waals surface area contributed by atoms with E-state index >= 15 is 0 Å². The van der Waals surface area contributed by atoms with Gasteiger partial charge >= 0.3 is 0 Å². The van der Waals surface area contributed by atoms with E-state index in [1.807, 2.05) is 0 Å². The number of hydrogen-bond donors (Lipinski definition) is 1. The van der Waals surface area contributed by atoms with Crippen LogP contribution in [0.1, 0.15) is 15.9 Å². The maximum atomic E-state index is 13.0. The lowest BCUT2D eigenvalue weighted by molar-refractivity contribution is 0.0954. The van der Waals surface area contributed by atoms with E-state index in [4.69, 9.17) is 25.8 Å². The monoisotopic (exact) mass is 366 g/mol. The molecule has 0 radical (unpaired) electrons. The van der Waals surface area contributed by atoms with Gasteiger partial charge in [-0.05, 0) is 30.3 Å². The molecule has 0 spiro atoms. The fraction of sp³-hybridized carbons (Fsp3) is 0.176. The average molecular weight is 367 g/mol. The molecular formula is C17H16ClFN2O4. The third kappa shape index (κ3) is 4.39. The third-order valence-electron chi connectivity index (χ3n) is 3.26. The fourth-order valence-corrected chi connectivity index (χ4v) is 2.26. The van der Waals surface area contributed by atoms with Crippen molar-refractivity contribution in [3.05, 3.63) is 52.3 Å². The second-order valence-corrected chi connectivity index (χ2v) is 5.19. The van der Waals surface area contributed by atoms with Crippen molar-refractivity contribution >= 4 is 23.7 Å². The molecule has 2 aromatic rings. The van der Waals surface area contributed by atoms with Crippen LogP contribution in [0.2, 0.25) is 5.02 Å². The van der Waals surface area contributed by atoms with Gasteiger partial charge in [-0.15, -0.1) is 0 Å². The molecule has 0 aliphatic rings. The molecule has 2 aromatic carbocycles. The summed E-state index contributed by atoms with van der Waals surface area (Å²) in [7, 11) is 4.37. The molecule has 0 aliphatic carbocycles. The number of carbonyl (C=O) groups is 1. The smallest absolute Gasteiger partial charge is 0.271 e. The van der Waals surface area contributed by atoms with Crippen LogP contribution in [0.15, 0.2) is 35.4 Å². The van der Waals surface area contributed by atoms with Gasteiger partial charge in [0.1, 0.15) is 5.82 Å². The zero-order valence-electron chi connectivity index (χ0n) is 13.8. The Morgan fingerprint density at radius 2 is 1.76 bits per heavy atom. The van der Waals surface area contributed by atoms with E-state index in [1.54, 1.807) is 0 Å². The summed E-state index contributed by atoms with van der Waals surface area (Å²) in [6, 6.07) is 6.85. The molecule has 0 bridgehead atoms. The van der Waals surface area contributed by atoms with Gasteiger partial charge in [0, 0.05) is 11.1 Å². The Balaban J connectivity index is 2.19. The lowest BCUT2D eigenvalue weighted by Crippen LogP contribution is -2.18. The number of nitrogens with one attached hydrogen (secondary N) is 1. The number of hydrogen-bond acceptors (Lipinski definition) is 5. The number of carbonyl (C=O) groups excluding carboxylic acids is 1. The molecule has 8 heteroatoms. The molecule has 0 fully saturated rings. The summed E-state index contributed by atoms with van der Waals surface area (Å²) in [4.78, 5) is 12.2. The van der Waals surface area contributed by atoms with Gasteiger partial charge in [-0.1, -0.05) is 11.6 Å². The SMILES string of the molecule is COc1cc(C(=O)N/N=C/c2ccc(F)cc2Cl)cc(OC)c1OC. The maximum absolute atomic E-state index is 13.0. The normalized spacial score (nSPS) is 10.6. The van der Waals surface area contributed by atoms with Crippen LogP contribution in [0.5, 0.6) is 17.2 Å². The first-order valence-corrected chi connectivity index (χ1v) is 7.46. The number of methoxy groups -OCH3 is 3. The highest BCUT2D eigenvalue weighted by molar-refractivity contribution is 6.33. The predicted molar refractivity (Wildman–Crippen MR) is 92.6 cm³/mol. The first-order chi connectivity index (χ1) is 12.0. The van der Waals surface area contributed by atoms with Crippen molar-refractivity contribution in [1.29, 1.82) is 0 Å². The van der Waals surface area contributed by atoms with Crippen LogP contribution in [0, 0.1) is 5.82 Å². The number of halogens is 2. The van der Waals surface area contributed by atoms with E-state index in [1.165, 1.54) is 51.8 Å². The van der Waals surface area contributed by atoms with Crippen LogP contribution in [-0.4, -0.2) is 33.5 Å². The molecule has 0 unspecified atom stereocenters. The molecule has 25 heavy (non-hydrogen) atoms. The minimum absolute atomic E-state index is 0.186. The molecule has 0 heterocycles. The molecule has 0 aromatic heterocycles. The highest BCUT2D eigenvalue weighted by Gasteiger charge is 2.16. The molecule has 0 saturated carbocycles. The van der Waals surface area contributed by atoms with Crippen LogP contribution in [-0.2, 0) is 0 Å². The number of hydrazone groups is 1. The molecule has 1 amide bonds. The van der Waals surface area contributed by atoms with E-state index in [-0.39, 0.29) is 10.6 Å². The van der Waals surface area contributed by atoms with Crippen molar-refractivity contribution < 1.29 is 23.4 Å². The van der Waals surface area contributed by atoms with Crippen molar-refractivity contribution in [3.8, 4) is 17.2 Å². The van der Waals surface area contributed by atoms with Gasteiger partial charge in [-0.25, -0.2) is 9.82 Å². The minimum atomic E-state index is -0.492. The minimum Gasteiger partial charge on any atom is -0.493 e. The molecular weight excluding hydrogens is 351 g/mol. The third-order valence-corrected chi connectivity index (χ3v) is 3.59. The van der Waals surface area contributed by atoms with Gasteiger partial charge in [0.15, 0.2) is 11.5 Å². The number of rotatable bonds is 6. The van der Waals surface area contributed by atoms with Crippen LogP contribution >= 0.6 is 11.6 Å². The topological polar surface area (TPSA) is 69.2 Å². The van der Waals surface area contributed by atoms with Gasteiger partial charge in [0.25, 0.3) is 5.91 Å². The summed E-state index contributed by atoms with van der Waals surface area (Å²) in [5.41, 5.74) is 3.08. The highest BCUT2D eigenvalue weighted by Crippen LogP contribution is 2.38. The zero-order valence-corrected chi connectivity index (χ0v) is 14.6.